The summed E-state index contributed by atoms with van der Waals surface area (Å²) in [6.07, 6.45) is -1.27. The second kappa shape index (κ2) is 10.4. The summed E-state index contributed by atoms with van der Waals surface area (Å²) >= 11 is 0. The zero-order valence-corrected chi connectivity index (χ0v) is 15.5. The van der Waals surface area contributed by atoms with Gasteiger partial charge in [0.2, 0.25) is 0 Å². The van der Waals surface area contributed by atoms with E-state index in [0.717, 1.165) is 11.3 Å². The molecule has 142 valence electrons. The number of methoxy groups -OCH3 is 1. The van der Waals surface area contributed by atoms with Crippen LogP contribution >= 0.6 is 0 Å². The van der Waals surface area contributed by atoms with Crippen molar-refractivity contribution >= 4 is 5.97 Å². The number of esters is 1. The molecule has 2 atom stereocenters. The zero-order chi connectivity index (χ0) is 18.9. The van der Waals surface area contributed by atoms with Gasteiger partial charge in [-0.2, -0.15) is 0 Å². The third kappa shape index (κ3) is 10.1. The van der Waals surface area contributed by atoms with Crippen molar-refractivity contribution in [1.29, 1.82) is 0 Å². The lowest BCUT2D eigenvalue weighted by Gasteiger charge is -2.21. The van der Waals surface area contributed by atoms with Crippen LogP contribution in [0.4, 0.5) is 0 Å². The van der Waals surface area contributed by atoms with E-state index < -0.39 is 23.8 Å². The van der Waals surface area contributed by atoms with Crippen LogP contribution in [0.2, 0.25) is 0 Å². The number of hydrogen-bond donors (Lipinski definition) is 2. The van der Waals surface area contributed by atoms with Gasteiger partial charge in [-0.25, -0.2) is 0 Å². The van der Waals surface area contributed by atoms with Crippen LogP contribution in [-0.2, 0) is 20.9 Å². The molecule has 0 bridgehead atoms. The van der Waals surface area contributed by atoms with E-state index in [-0.39, 0.29) is 12.8 Å². The van der Waals surface area contributed by atoms with Gasteiger partial charge in [-0.1, -0.05) is 12.1 Å². The van der Waals surface area contributed by atoms with E-state index in [2.05, 4.69) is 0 Å². The molecule has 1 rings (SSSR count). The van der Waals surface area contributed by atoms with Crippen molar-refractivity contribution in [1.82, 2.24) is 0 Å². The molecule has 1 aromatic rings. The lowest BCUT2D eigenvalue weighted by molar-refractivity contribution is -0.157. The molecule has 0 aliphatic heterocycles. The van der Waals surface area contributed by atoms with Gasteiger partial charge in [0.25, 0.3) is 0 Å². The monoisotopic (exact) mass is 354 g/mol. The van der Waals surface area contributed by atoms with Crippen molar-refractivity contribution in [3.8, 4) is 5.75 Å². The molecule has 0 aliphatic carbocycles. The summed E-state index contributed by atoms with van der Waals surface area (Å²) in [5, 5.41) is 19.8. The Balaban J connectivity index is 2.18. The summed E-state index contributed by atoms with van der Waals surface area (Å²) in [6.45, 7) is 6.12. The minimum atomic E-state index is -0.925. The molecule has 0 spiro atoms. The van der Waals surface area contributed by atoms with Crippen LogP contribution in [-0.4, -0.2) is 47.7 Å². The van der Waals surface area contributed by atoms with Gasteiger partial charge < -0.3 is 24.4 Å². The predicted octanol–water partition coefficient (Wildman–Crippen LogP) is 2.45. The second-order valence-corrected chi connectivity index (χ2v) is 7.02. The van der Waals surface area contributed by atoms with Gasteiger partial charge in [0.1, 0.15) is 11.4 Å². The van der Waals surface area contributed by atoms with Crippen LogP contribution < -0.4 is 4.74 Å². The topological polar surface area (TPSA) is 85.2 Å². The number of rotatable bonds is 10. The SMILES string of the molecule is COc1ccc(COCC[C@@H](O)C[C@H](O)CC(=O)OC(C)(C)C)cc1. The maximum absolute atomic E-state index is 11.6. The van der Waals surface area contributed by atoms with Crippen LogP contribution in [0.1, 0.15) is 45.6 Å². The Morgan fingerprint density at radius 1 is 1.12 bits per heavy atom. The fourth-order valence-electron chi connectivity index (χ4n) is 2.22. The highest BCUT2D eigenvalue weighted by Crippen LogP contribution is 2.14. The molecule has 6 nitrogen and oxygen atoms in total. The number of hydrogen-bond acceptors (Lipinski definition) is 6. The number of ether oxygens (including phenoxy) is 3. The van der Waals surface area contributed by atoms with Gasteiger partial charge in [0, 0.05) is 6.61 Å². The average Bonchev–Trinajstić information content (AvgIpc) is 2.50. The number of aliphatic hydroxyl groups excluding tert-OH is 2. The Morgan fingerprint density at radius 3 is 2.32 bits per heavy atom. The van der Waals surface area contributed by atoms with Crippen LogP contribution in [0, 0.1) is 0 Å². The van der Waals surface area contributed by atoms with Crippen LogP contribution in [0.15, 0.2) is 24.3 Å². The van der Waals surface area contributed by atoms with Gasteiger partial charge in [-0.05, 0) is 51.3 Å². The third-order valence-electron chi connectivity index (χ3n) is 3.39. The number of benzene rings is 1. The average molecular weight is 354 g/mol. The molecule has 0 radical (unpaired) electrons. The Kier molecular flexibility index (Phi) is 8.89. The summed E-state index contributed by atoms with van der Waals surface area (Å²) in [4.78, 5) is 11.6. The van der Waals surface area contributed by atoms with Gasteiger partial charge in [0.05, 0.1) is 32.3 Å². The second-order valence-electron chi connectivity index (χ2n) is 7.02. The summed E-state index contributed by atoms with van der Waals surface area (Å²) in [6, 6.07) is 7.56. The maximum atomic E-state index is 11.6. The van der Waals surface area contributed by atoms with Crippen molar-refractivity contribution in [3.05, 3.63) is 29.8 Å². The number of aliphatic hydroxyl groups is 2. The summed E-state index contributed by atoms with van der Waals surface area (Å²) in [5.74, 6) is 0.320. The molecule has 6 heteroatoms. The summed E-state index contributed by atoms with van der Waals surface area (Å²) in [5.41, 5.74) is 0.435. The molecule has 2 N–H and O–H groups in total. The van der Waals surface area contributed by atoms with Gasteiger partial charge in [0.15, 0.2) is 0 Å². The predicted molar refractivity (Wildman–Crippen MR) is 94.4 cm³/mol. The lowest BCUT2D eigenvalue weighted by atomic mass is 10.1. The maximum Gasteiger partial charge on any atom is 0.308 e. The van der Waals surface area contributed by atoms with E-state index in [1.54, 1.807) is 27.9 Å². The normalized spacial score (nSPS) is 14.0. The van der Waals surface area contributed by atoms with E-state index >= 15 is 0 Å². The van der Waals surface area contributed by atoms with Crippen LogP contribution in [0.5, 0.6) is 5.75 Å². The van der Waals surface area contributed by atoms with E-state index in [4.69, 9.17) is 14.2 Å². The molecule has 0 saturated heterocycles. The Labute approximate surface area is 149 Å². The standard InChI is InChI=1S/C19H30O6/c1-19(2,3)25-18(22)12-16(21)11-15(20)9-10-24-13-14-5-7-17(23-4)8-6-14/h5-8,15-16,20-21H,9-13H2,1-4H3/t15-,16+/m1/s1. The molecule has 0 unspecified atom stereocenters. The van der Waals surface area contributed by atoms with Crippen molar-refractivity contribution in [2.24, 2.45) is 0 Å². The summed E-state index contributed by atoms with van der Waals surface area (Å²) in [7, 11) is 1.62. The molecule has 0 amide bonds. The number of carbonyl (C=O) groups excluding carboxylic acids is 1. The molecule has 1 aromatic carbocycles. The van der Waals surface area contributed by atoms with Crippen LogP contribution in [0.25, 0.3) is 0 Å². The Bertz CT molecular complexity index is 506. The zero-order valence-electron chi connectivity index (χ0n) is 15.5. The smallest absolute Gasteiger partial charge is 0.308 e. The molecule has 25 heavy (non-hydrogen) atoms. The fourth-order valence-corrected chi connectivity index (χ4v) is 2.22. The lowest BCUT2D eigenvalue weighted by Crippen LogP contribution is -2.28. The Hall–Kier alpha value is -1.63. The summed E-state index contributed by atoms with van der Waals surface area (Å²) < 4.78 is 15.7. The van der Waals surface area contributed by atoms with E-state index in [0.29, 0.717) is 19.6 Å². The molecule has 0 saturated carbocycles. The first-order valence-corrected chi connectivity index (χ1v) is 8.48. The largest absolute Gasteiger partial charge is 0.497 e. The fraction of sp³-hybridized carbons (Fsp3) is 0.632. The van der Waals surface area contributed by atoms with E-state index in [9.17, 15) is 15.0 Å². The Morgan fingerprint density at radius 2 is 1.76 bits per heavy atom. The first-order valence-electron chi connectivity index (χ1n) is 8.48. The van der Waals surface area contributed by atoms with Crippen molar-refractivity contribution in [2.75, 3.05) is 13.7 Å². The van der Waals surface area contributed by atoms with Gasteiger partial charge in [-0.3, -0.25) is 4.79 Å². The van der Waals surface area contributed by atoms with E-state index in [1.807, 2.05) is 24.3 Å². The molecule has 0 heterocycles. The molecular weight excluding hydrogens is 324 g/mol. The van der Waals surface area contributed by atoms with Crippen molar-refractivity contribution in [2.45, 2.75) is 64.4 Å². The van der Waals surface area contributed by atoms with Crippen LogP contribution in [0.3, 0.4) is 0 Å². The molecule has 0 aromatic heterocycles. The van der Waals surface area contributed by atoms with Gasteiger partial charge >= 0.3 is 5.97 Å². The third-order valence-corrected chi connectivity index (χ3v) is 3.39. The van der Waals surface area contributed by atoms with E-state index in [1.165, 1.54) is 0 Å². The highest BCUT2D eigenvalue weighted by molar-refractivity contribution is 5.70. The van der Waals surface area contributed by atoms with Crippen molar-refractivity contribution < 1.29 is 29.2 Å². The molecular formula is C19H30O6. The minimum absolute atomic E-state index is 0.116. The minimum Gasteiger partial charge on any atom is -0.497 e. The number of carbonyl (C=O) groups is 1. The van der Waals surface area contributed by atoms with Gasteiger partial charge in [-0.15, -0.1) is 0 Å². The van der Waals surface area contributed by atoms with Crippen molar-refractivity contribution in [3.63, 3.8) is 0 Å². The molecule has 0 aliphatic rings. The first kappa shape index (κ1) is 21.4. The highest BCUT2D eigenvalue weighted by atomic mass is 16.6. The highest BCUT2D eigenvalue weighted by Gasteiger charge is 2.21. The first-order chi connectivity index (χ1) is 11.7. The quantitative estimate of drug-likeness (QED) is 0.496. The molecule has 0 fully saturated rings.